The molecule has 30 heavy (non-hydrogen) atoms. The summed E-state index contributed by atoms with van der Waals surface area (Å²) < 4.78 is 6.09. The van der Waals surface area contributed by atoms with Crippen molar-refractivity contribution in [1.29, 1.82) is 0 Å². The molecule has 1 N–H and O–H groups in total. The number of hydrogen-bond acceptors (Lipinski definition) is 5. The minimum atomic E-state index is -1.46. The van der Waals surface area contributed by atoms with Crippen molar-refractivity contribution >= 4 is 29.2 Å². The number of hydrogen-bond donors (Lipinski definition) is 1. The molecule has 154 valence electrons. The number of carbonyl (C=O) groups is 3. The maximum atomic E-state index is 14.0. The van der Waals surface area contributed by atoms with Gasteiger partial charge in [0.15, 0.2) is 5.41 Å². The molecule has 0 aliphatic carbocycles. The lowest BCUT2D eigenvalue weighted by Gasteiger charge is -2.56. The molecular formula is C23H23N3O4. The van der Waals surface area contributed by atoms with E-state index in [1.54, 1.807) is 24.3 Å². The number of rotatable bonds is 1. The Hall–Kier alpha value is -3.19. The van der Waals surface area contributed by atoms with Crippen LogP contribution in [0.25, 0.3) is 0 Å². The smallest absolute Gasteiger partial charge is 0.335 e. The quantitative estimate of drug-likeness (QED) is 0.738. The number of nitrogens with zero attached hydrogens (tertiary/aromatic N) is 2. The van der Waals surface area contributed by atoms with Gasteiger partial charge in [-0.2, -0.15) is 0 Å². The highest BCUT2D eigenvalue weighted by Crippen LogP contribution is 2.48. The van der Waals surface area contributed by atoms with Crippen LogP contribution in [-0.2, 0) is 20.7 Å². The molecule has 7 heteroatoms. The maximum Gasteiger partial charge on any atom is 0.335 e. The van der Waals surface area contributed by atoms with E-state index in [-0.39, 0.29) is 18.6 Å². The second kappa shape index (κ2) is 6.67. The van der Waals surface area contributed by atoms with Crippen LogP contribution in [0.5, 0.6) is 0 Å². The van der Waals surface area contributed by atoms with E-state index in [1.165, 1.54) is 0 Å². The molecule has 5 rings (SSSR count). The van der Waals surface area contributed by atoms with E-state index >= 15 is 0 Å². The first-order chi connectivity index (χ1) is 14.4. The molecule has 3 aliphatic heterocycles. The number of benzene rings is 2. The summed E-state index contributed by atoms with van der Waals surface area (Å²) in [5, 5.41) is 2.46. The van der Waals surface area contributed by atoms with Gasteiger partial charge in [-0.3, -0.25) is 14.9 Å². The van der Waals surface area contributed by atoms with E-state index in [1.807, 2.05) is 44.2 Å². The topological polar surface area (TPSA) is 79.0 Å². The van der Waals surface area contributed by atoms with Crippen LogP contribution in [-0.4, -0.2) is 42.6 Å². The molecule has 0 saturated carbocycles. The number of morpholine rings is 1. The second-order valence-corrected chi connectivity index (χ2v) is 8.26. The normalized spacial score (nSPS) is 30.7. The zero-order valence-corrected chi connectivity index (χ0v) is 16.9. The third-order valence-corrected chi connectivity index (χ3v) is 6.38. The van der Waals surface area contributed by atoms with Crippen molar-refractivity contribution in [2.75, 3.05) is 16.3 Å². The van der Waals surface area contributed by atoms with Crippen LogP contribution < -0.4 is 15.1 Å². The van der Waals surface area contributed by atoms with Crippen molar-refractivity contribution in [3.05, 3.63) is 60.2 Å². The van der Waals surface area contributed by atoms with Crippen molar-refractivity contribution in [2.24, 2.45) is 5.41 Å². The lowest BCUT2D eigenvalue weighted by molar-refractivity contribution is -0.151. The summed E-state index contributed by atoms with van der Waals surface area (Å²) in [4.78, 5) is 43.3. The molecule has 0 unspecified atom stereocenters. The number of nitrogens with one attached hydrogen (secondary N) is 1. The molecule has 3 aliphatic rings. The molecule has 0 radical (unpaired) electrons. The Kier molecular flexibility index (Phi) is 4.18. The van der Waals surface area contributed by atoms with E-state index in [2.05, 4.69) is 10.2 Å². The van der Waals surface area contributed by atoms with Gasteiger partial charge in [0.25, 0.3) is 5.91 Å². The average molecular weight is 405 g/mol. The Labute approximate surface area is 174 Å². The highest BCUT2D eigenvalue weighted by atomic mass is 16.5. The number of ether oxygens (including phenoxy) is 1. The molecule has 7 nitrogen and oxygen atoms in total. The van der Waals surface area contributed by atoms with Crippen molar-refractivity contribution < 1.29 is 19.1 Å². The van der Waals surface area contributed by atoms with E-state index in [0.29, 0.717) is 12.2 Å². The molecule has 4 amide bonds. The molecule has 3 heterocycles. The molecule has 1 spiro atoms. The zero-order valence-electron chi connectivity index (χ0n) is 16.9. The Morgan fingerprint density at radius 2 is 1.70 bits per heavy atom. The van der Waals surface area contributed by atoms with Gasteiger partial charge in [-0.1, -0.05) is 36.4 Å². The standard InChI is InChI=1S/C23H23N3O4/c1-14-13-25-18-11-7-6-8-16(18)12-23(19(25)15(2)30-14)20(27)24-22(29)26(21(23)28)17-9-4-3-5-10-17/h3-11,14-15,19H,12-13H2,1-2H3,(H,24,27,29)/t14-,15-,19-,23-/m1/s1. The van der Waals surface area contributed by atoms with Gasteiger partial charge in [-0.15, -0.1) is 0 Å². The summed E-state index contributed by atoms with van der Waals surface area (Å²) >= 11 is 0. The number of urea groups is 1. The van der Waals surface area contributed by atoms with Crippen molar-refractivity contribution in [1.82, 2.24) is 5.32 Å². The van der Waals surface area contributed by atoms with Crippen molar-refractivity contribution in [2.45, 2.75) is 38.5 Å². The lowest BCUT2D eigenvalue weighted by Crippen LogP contribution is -2.76. The van der Waals surface area contributed by atoms with Crippen LogP contribution in [0.15, 0.2) is 54.6 Å². The number of para-hydroxylation sites is 2. The van der Waals surface area contributed by atoms with Crippen LogP contribution in [0.4, 0.5) is 16.2 Å². The van der Waals surface area contributed by atoms with Gasteiger partial charge in [0.1, 0.15) is 0 Å². The zero-order chi connectivity index (χ0) is 21.0. The fraction of sp³-hybridized carbons (Fsp3) is 0.348. The Morgan fingerprint density at radius 3 is 2.47 bits per heavy atom. The van der Waals surface area contributed by atoms with E-state index in [0.717, 1.165) is 16.2 Å². The first-order valence-electron chi connectivity index (χ1n) is 10.2. The highest BCUT2D eigenvalue weighted by molar-refractivity contribution is 6.30. The van der Waals surface area contributed by atoms with E-state index in [9.17, 15) is 14.4 Å². The summed E-state index contributed by atoms with van der Waals surface area (Å²) in [6.07, 6.45) is -0.205. The molecular weight excluding hydrogens is 382 g/mol. The second-order valence-electron chi connectivity index (χ2n) is 8.26. The number of carbonyl (C=O) groups excluding carboxylic acids is 3. The number of imide groups is 2. The van der Waals surface area contributed by atoms with Gasteiger partial charge >= 0.3 is 6.03 Å². The number of amides is 4. The Balaban J connectivity index is 1.70. The Bertz CT molecular complexity index is 1040. The van der Waals surface area contributed by atoms with Crippen LogP contribution >= 0.6 is 0 Å². The molecule has 2 aromatic rings. The molecule has 4 atom stereocenters. The predicted molar refractivity (Wildman–Crippen MR) is 111 cm³/mol. The van der Waals surface area contributed by atoms with E-state index < -0.39 is 29.3 Å². The monoisotopic (exact) mass is 405 g/mol. The van der Waals surface area contributed by atoms with Crippen molar-refractivity contribution in [3.8, 4) is 0 Å². The van der Waals surface area contributed by atoms with Crippen LogP contribution in [0.2, 0.25) is 0 Å². The number of barbiturate groups is 1. The fourth-order valence-electron chi connectivity index (χ4n) is 5.27. The first kappa shape index (κ1) is 18.8. The molecule has 2 saturated heterocycles. The Morgan fingerprint density at radius 1 is 1.00 bits per heavy atom. The molecule has 0 aromatic heterocycles. The van der Waals surface area contributed by atoms with Gasteiger partial charge in [0.05, 0.1) is 23.9 Å². The van der Waals surface area contributed by atoms with Gasteiger partial charge < -0.3 is 9.64 Å². The summed E-state index contributed by atoms with van der Waals surface area (Å²) in [6.45, 7) is 4.44. The number of anilines is 2. The van der Waals surface area contributed by atoms with Gasteiger partial charge in [-0.05, 0) is 44.0 Å². The SMILES string of the molecule is C[C@@H]1CN2c3ccccc3C[C@]3(C(=O)NC(=O)N(c4ccccc4)C3=O)[C@H]2[C@@H](C)O1. The summed E-state index contributed by atoms with van der Waals surface area (Å²) in [6, 6.07) is 15.3. The predicted octanol–water partition coefficient (Wildman–Crippen LogP) is 2.49. The van der Waals surface area contributed by atoms with Crippen molar-refractivity contribution in [3.63, 3.8) is 0 Å². The lowest BCUT2D eigenvalue weighted by atomic mass is 9.66. The van der Waals surface area contributed by atoms with Gasteiger partial charge in [-0.25, -0.2) is 9.69 Å². The summed E-state index contributed by atoms with van der Waals surface area (Å²) in [5.41, 5.74) is 0.910. The maximum absolute atomic E-state index is 14.0. The highest BCUT2D eigenvalue weighted by Gasteiger charge is 2.64. The first-order valence-corrected chi connectivity index (χ1v) is 10.2. The summed E-state index contributed by atoms with van der Waals surface area (Å²) in [7, 11) is 0. The average Bonchev–Trinajstić information content (AvgIpc) is 2.72. The van der Waals surface area contributed by atoms with Gasteiger partial charge in [0.2, 0.25) is 5.91 Å². The minimum absolute atomic E-state index is 0.0481. The summed E-state index contributed by atoms with van der Waals surface area (Å²) in [5.74, 6) is -1.06. The third kappa shape index (κ3) is 2.51. The largest absolute Gasteiger partial charge is 0.372 e. The number of fused-ring (bicyclic) bond motifs is 4. The molecule has 2 fully saturated rings. The molecule has 0 bridgehead atoms. The van der Waals surface area contributed by atoms with Crippen LogP contribution in [0.3, 0.4) is 0 Å². The van der Waals surface area contributed by atoms with Crippen LogP contribution in [0.1, 0.15) is 19.4 Å². The third-order valence-electron chi connectivity index (χ3n) is 6.38. The minimum Gasteiger partial charge on any atom is -0.372 e. The van der Waals surface area contributed by atoms with E-state index in [4.69, 9.17) is 4.74 Å². The fourth-order valence-corrected chi connectivity index (χ4v) is 5.27. The van der Waals surface area contributed by atoms with Crippen LogP contribution in [0, 0.1) is 5.41 Å². The van der Waals surface area contributed by atoms with Gasteiger partial charge in [0, 0.05) is 12.2 Å². The molecule has 2 aromatic carbocycles.